The molecular weight excluding hydrogens is 288 g/mol. The Kier molecular flexibility index (Phi) is 4.51. The molecule has 0 N–H and O–H groups in total. The molecule has 5 nitrogen and oxygen atoms in total. The Labute approximate surface area is 129 Å². The molecule has 0 bridgehead atoms. The lowest BCUT2D eigenvalue weighted by Gasteiger charge is -2.31. The van der Waals surface area contributed by atoms with E-state index in [9.17, 15) is 0 Å². The summed E-state index contributed by atoms with van der Waals surface area (Å²) in [6, 6.07) is 1.98. The molecule has 0 aliphatic carbocycles. The fourth-order valence-corrected chi connectivity index (χ4v) is 2.94. The second kappa shape index (κ2) is 6.54. The number of aromatic nitrogens is 3. The molecule has 0 unspecified atom stereocenters. The molecule has 1 aliphatic heterocycles. The number of aryl methyl sites for hydroxylation is 1. The van der Waals surface area contributed by atoms with Crippen LogP contribution in [0, 0.1) is 0 Å². The SMILES string of the molecule is CCc1nc([C@H]2CCCN(Cc3ccncc3Cl)C2)no1. The second-order valence-corrected chi connectivity index (χ2v) is 5.85. The molecule has 21 heavy (non-hydrogen) atoms. The molecule has 1 fully saturated rings. The first-order chi connectivity index (χ1) is 10.3. The molecule has 0 aromatic carbocycles. The molecule has 2 aromatic rings. The fraction of sp³-hybridized carbons (Fsp3) is 0.533. The van der Waals surface area contributed by atoms with Crippen molar-refractivity contribution in [2.24, 2.45) is 0 Å². The highest BCUT2D eigenvalue weighted by Gasteiger charge is 2.25. The van der Waals surface area contributed by atoms with Gasteiger partial charge in [0, 0.05) is 37.8 Å². The van der Waals surface area contributed by atoms with Crippen LogP contribution >= 0.6 is 11.6 Å². The Balaban J connectivity index is 1.67. The van der Waals surface area contributed by atoms with E-state index in [0.29, 0.717) is 5.92 Å². The van der Waals surface area contributed by atoms with Gasteiger partial charge in [0.15, 0.2) is 5.82 Å². The summed E-state index contributed by atoms with van der Waals surface area (Å²) >= 11 is 6.19. The highest BCUT2D eigenvalue weighted by Crippen LogP contribution is 2.27. The van der Waals surface area contributed by atoms with Crippen LogP contribution in [-0.4, -0.2) is 33.1 Å². The molecule has 0 amide bonds. The smallest absolute Gasteiger partial charge is 0.226 e. The summed E-state index contributed by atoms with van der Waals surface area (Å²) in [5.74, 6) is 1.92. The number of pyridine rings is 1. The molecule has 1 atom stereocenters. The van der Waals surface area contributed by atoms with Gasteiger partial charge in [-0.1, -0.05) is 23.7 Å². The highest BCUT2D eigenvalue weighted by molar-refractivity contribution is 6.31. The molecule has 3 rings (SSSR count). The maximum Gasteiger partial charge on any atom is 0.226 e. The Bertz CT molecular complexity index is 601. The zero-order chi connectivity index (χ0) is 14.7. The molecule has 0 saturated carbocycles. The fourth-order valence-electron chi connectivity index (χ4n) is 2.76. The standard InChI is InChI=1S/C15H19ClN4O/c1-2-14-18-15(19-21-14)12-4-3-7-20(10-12)9-11-5-6-17-8-13(11)16/h5-6,8,12H,2-4,7,9-10H2,1H3/t12-/m0/s1. The van der Waals surface area contributed by atoms with Crippen molar-refractivity contribution < 1.29 is 4.52 Å². The molecular formula is C15H19ClN4O. The first-order valence-electron chi connectivity index (χ1n) is 7.39. The Morgan fingerprint density at radius 2 is 2.38 bits per heavy atom. The van der Waals surface area contributed by atoms with Gasteiger partial charge in [-0.2, -0.15) is 4.98 Å². The number of rotatable bonds is 4. The monoisotopic (exact) mass is 306 g/mol. The average Bonchev–Trinajstić information content (AvgIpc) is 2.99. The van der Waals surface area contributed by atoms with Gasteiger partial charge >= 0.3 is 0 Å². The minimum atomic E-state index is 0.350. The topological polar surface area (TPSA) is 55.1 Å². The largest absolute Gasteiger partial charge is 0.339 e. The van der Waals surface area contributed by atoms with Gasteiger partial charge in [0.1, 0.15) is 0 Å². The molecule has 1 saturated heterocycles. The van der Waals surface area contributed by atoms with Gasteiger partial charge in [-0.25, -0.2) is 0 Å². The summed E-state index contributed by atoms with van der Waals surface area (Å²) in [6.45, 7) is 4.89. The van der Waals surface area contributed by atoms with Gasteiger partial charge in [0.2, 0.25) is 5.89 Å². The third kappa shape index (κ3) is 3.41. The van der Waals surface area contributed by atoms with Crippen LogP contribution in [0.4, 0.5) is 0 Å². The molecule has 0 radical (unpaired) electrons. The van der Waals surface area contributed by atoms with Crippen molar-refractivity contribution in [2.75, 3.05) is 13.1 Å². The van der Waals surface area contributed by atoms with Crippen LogP contribution in [-0.2, 0) is 13.0 Å². The van der Waals surface area contributed by atoms with Crippen LogP contribution in [0.1, 0.15) is 43.0 Å². The lowest BCUT2D eigenvalue weighted by molar-refractivity contribution is 0.194. The van der Waals surface area contributed by atoms with Crippen molar-refractivity contribution in [3.05, 3.63) is 40.8 Å². The predicted octanol–water partition coefficient (Wildman–Crippen LogP) is 3.06. The van der Waals surface area contributed by atoms with E-state index in [0.717, 1.165) is 61.2 Å². The minimum Gasteiger partial charge on any atom is -0.339 e. The molecule has 3 heterocycles. The van der Waals surface area contributed by atoms with Crippen molar-refractivity contribution in [1.82, 2.24) is 20.0 Å². The van der Waals surface area contributed by atoms with Crippen molar-refractivity contribution in [1.29, 1.82) is 0 Å². The maximum absolute atomic E-state index is 6.19. The summed E-state index contributed by atoms with van der Waals surface area (Å²) in [5.41, 5.74) is 1.12. The van der Waals surface area contributed by atoms with E-state index >= 15 is 0 Å². The summed E-state index contributed by atoms with van der Waals surface area (Å²) in [6.07, 6.45) is 6.53. The van der Waals surface area contributed by atoms with Crippen molar-refractivity contribution in [3.8, 4) is 0 Å². The zero-order valence-electron chi connectivity index (χ0n) is 12.1. The molecule has 112 valence electrons. The van der Waals surface area contributed by atoms with Gasteiger partial charge in [-0.3, -0.25) is 9.88 Å². The van der Waals surface area contributed by atoms with E-state index in [1.807, 2.05) is 13.0 Å². The van der Waals surface area contributed by atoms with Crippen LogP contribution in [0.2, 0.25) is 5.02 Å². The first kappa shape index (κ1) is 14.5. The molecule has 2 aromatic heterocycles. The Morgan fingerprint density at radius 1 is 1.48 bits per heavy atom. The van der Waals surface area contributed by atoms with Gasteiger partial charge < -0.3 is 4.52 Å². The highest BCUT2D eigenvalue weighted by atomic mass is 35.5. The van der Waals surface area contributed by atoms with Crippen LogP contribution < -0.4 is 0 Å². The lowest BCUT2D eigenvalue weighted by Crippen LogP contribution is -2.34. The number of nitrogens with zero attached hydrogens (tertiary/aromatic N) is 4. The summed E-state index contributed by atoms with van der Waals surface area (Å²) in [7, 11) is 0. The second-order valence-electron chi connectivity index (χ2n) is 5.44. The van der Waals surface area contributed by atoms with Gasteiger partial charge in [0.05, 0.1) is 5.02 Å². The Morgan fingerprint density at radius 3 is 3.14 bits per heavy atom. The average molecular weight is 307 g/mol. The minimum absolute atomic E-state index is 0.350. The van der Waals surface area contributed by atoms with Crippen LogP contribution in [0.15, 0.2) is 23.0 Å². The van der Waals surface area contributed by atoms with Crippen LogP contribution in [0.5, 0.6) is 0 Å². The van der Waals surface area contributed by atoms with E-state index < -0.39 is 0 Å². The van der Waals surface area contributed by atoms with Gasteiger partial charge in [-0.15, -0.1) is 0 Å². The van der Waals surface area contributed by atoms with E-state index in [1.165, 1.54) is 0 Å². The lowest BCUT2D eigenvalue weighted by atomic mass is 9.97. The van der Waals surface area contributed by atoms with E-state index in [1.54, 1.807) is 12.4 Å². The van der Waals surface area contributed by atoms with Gasteiger partial charge in [0.25, 0.3) is 0 Å². The summed E-state index contributed by atoms with van der Waals surface area (Å²) < 4.78 is 5.23. The molecule has 0 spiro atoms. The molecule has 1 aliphatic rings. The quantitative estimate of drug-likeness (QED) is 0.869. The Hall–Kier alpha value is -1.46. The maximum atomic E-state index is 6.19. The zero-order valence-corrected chi connectivity index (χ0v) is 12.9. The number of likely N-dealkylation sites (tertiary alicyclic amines) is 1. The van der Waals surface area contributed by atoms with E-state index in [2.05, 4.69) is 20.0 Å². The third-order valence-electron chi connectivity index (χ3n) is 3.91. The number of halogens is 1. The van der Waals surface area contributed by atoms with E-state index in [-0.39, 0.29) is 0 Å². The third-order valence-corrected chi connectivity index (χ3v) is 4.25. The van der Waals surface area contributed by atoms with Crippen LogP contribution in [0.25, 0.3) is 0 Å². The number of hydrogen-bond donors (Lipinski definition) is 0. The summed E-state index contributed by atoms with van der Waals surface area (Å²) in [5, 5.41) is 4.85. The number of piperidine rings is 1. The number of hydrogen-bond acceptors (Lipinski definition) is 5. The van der Waals surface area contributed by atoms with Crippen molar-refractivity contribution in [3.63, 3.8) is 0 Å². The first-order valence-corrected chi connectivity index (χ1v) is 7.77. The van der Waals surface area contributed by atoms with Crippen molar-refractivity contribution in [2.45, 2.75) is 38.6 Å². The van der Waals surface area contributed by atoms with Crippen molar-refractivity contribution >= 4 is 11.6 Å². The normalized spacial score (nSPS) is 19.8. The summed E-state index contributed by atoms with van der Waals surface area (Å²) in [4.78, 5) is 10.9. The van der Waals surface area contributed by atoms with Crippen LogP contribution in [0.3, 0.4) is 0 Å². The molecule has 6 heteroatoms. The van der Waals surface area contributed by atoms with Gasteiger partial charge in [-0.05, 0) is 31.0 Å². The van der Waals surface area contributed by atoms with E-state index in [4.69, 9.17) is 16.1 Å². The predicted molar refractivity (Wildman–Crippen MR) is 80.2 cm³/mol.